The third-order valence-electron chi connectivity index (χ3n) is 3.11. The molecule has 0 aliphatic rings. The maximum Gasteiger partial charge on any atom is 0.161 e. The number of fused-ring (bicyclic) bond motifs is 1. The van der Waals surface area contributed by atoms with Crippen LogP contribution in [0.25, 0.3) is 22.4 Å². The van der Waals surface area contributed by atoms with Crippen LogP contribution in [0.4, 0.5) is 0 Å². The fourth-order valence-corrected chi connectivity index (χ4v) is 3.09. The number of hydrogen-bond acceptors (Lipinski definition) is 4. The Morgan fingerprint density at radius 1 is 1.05 bits per heavy atom. The first-order valence-corrected chi connectivity index (χ1v) is 7.96. The summed E-state index contributed by atoms with van der Waals surface area (Å²) in [7, 11) is 0. The Labute approximate surface area is 141 Å². The Hall–Kier alpha value is -1.34. The van der Waals surface area contributed by atoms with Crippen LogP contribution in [0.3, 0.4) is 0 Å². The summed E-state index contributed by atoms with van der Waals surface area (Å²) in [4.78, 5) is 17.6. The van der Waals surface area contributed by atoms with Gasteiger partial charge in [-0.3, -0.25) is 9.97 Å². The molecule has 0 saturated heterocycles. The van der Waals surface area contributed by atoms with Gasteiger partial charge in [-0.05, 0) is 46.7 Å². The molecule has 0 radical (unpaired) electrons. The lowest BCUT2D eigenvalue weighted by Crippen LogP contribution is -2.02. The molecular weight excluding hydrogens is 399 g/mol. The van der Waals surface area contributed by atoms with Crippen molar-refractivity contribution in [3.63, 3.8) is 0 Å². The maximum atomic E-state index is 6.24. The first-order valence-electron chi connectivity index (χ1n) is 6.50. The predicted octanol–water partition coefficient (Wildman–Crippen LogP) is 4.47. The number of hydrogen-bond donors (Lipinski definition) is 0. The van der Waals surface area contributed by atoms with Gasteiger partial charge in [-0.25, -0.2) is 9.97 Å². The molecule has 0 atom stereocenters. The molecule has 21 heavy (non-hydrogen) atoms. The lowest BCUT2D eigenvalue weighted by Gasteiger charge is -2.11. The van der Waals surface area contributed by atoms with E-state index in [0.717, 1.165) is 25.9 Å². The Kier molecular flexibility index (Phi) is 4.03. The van der Waals surface area contributed by atoms with E-state index in [4.69, 9.17) is 11.6 Å². The molecule has 0 fully saturated rings. The van der Waals surface area contributed by atoms with Crippen LogP contribution in [-0.4, -0.2) is 19.9 Å². The molecule has 2 heterocycles. The quantitative estimate of drug-likeness (QED) is 0.462. The van der Waals surface area contributed by atoms with Crippen molar-refractivity contribution in [1.29, 1.82) is 0 Å². The summed E-state index contributed by atoms with van der Waals surface area (Å²) in [5.41, 5.74) is 3.52. The summed E-state index contributed by atoms with van der Waals surface area (Å²) < 4.78 is 0.911. The standard InChI is InChI=1S/C15H12ClIN4/c1-8(2)13-12(17)14(16)21-15(20-13)9-3-4-10-11(7-9)19-6-5-18-10/h3-8H,1-2H3. The summed E-state index contributed by atoms with van der Waals surface area (Å²) in [5, 5.41) is 0.489. The van der Waals surface area contributed by atoms with Crippen LogP contribution in [0, 0.1) is 3.57 Å². The second-order valence-electron chi connectivity index (χ2n) is 4.95. The van der Waals surface area contributed by atoms with Gasteiger partial charge in [0.15, 0.2) is 5.82 Å². The van der Waals surface area contributed by atoms with Gasteiger partial charge in [-0.15, -0.1) is 0 Å². The third kappa shape index (κ3) is 2.85. The average Bonchev–Trinajstić information content (AvgIpc) is 2.49. The zero-order valence-electron chi connectivity index (χ0n) is 11.5. The zero-order valence-corrected chi connectivity index (χ0v) is 14.4. The highest BCUT2D eigenvalue weighted by atomic mass is 127. The van der Waals surface area contributed by atoms with Crippen LogP contribution >= 0.6 is 34.2 Å². The summed E-state index contributed by atoms with van der Waals surface area (Å²) in [6, 6.07) is 5.80. The molecule has 0 N–H and O–H groups in total. The fourth-order valence-electron chi connectivity index (χ4n) is 2.05. The lowest BCUT2D eigenvalue weighted by atomic mass is 10.1. The van der Waals surface area contributed by atoms with E-state index < -0.39 is 0 Å². The van der Waals surface area contributed by atoms with Gasteiger partial charge in [0.25, 0.3) is 0 Å². The molecule has 0 aliphatic heterocycles. The van der Waals surface area contributed by atoms with Gasteiger partial charge in [0.05, 0.1) is 20.3 Å². The minimum Gasteiger partial charge on any atom is -0.253 e. The normalized spacial score (nSPS) is 11.3. The summed E-state index contributed by atoms with van der Waals surface area (Å²) in [6.07, 6.45) is 3.35. The van der Waals surface area contributed by atoms with Crippen molar-refractivity contribution >= 4 is 45.2 Å². The Balaban J connectivity index is 2.18. The van der Waals surface area contributed by atoms with E-state index in [1.165, 1.54) is 0 Å². The average molecular weight is 411 g/mol. The van der Waals surface area contributed by atoms with Crippen molar-refractivity contribution in [3.8, 4) is 11.4 Å². The van der Waals surface area contributed by atoms with Crippen LogP contribution < -0.4 is 0 Å². The third-order valence-corrected chi connectivity index (χ3v) is 4.77. The van der Waals surface area contributed by atoms with E-state index in [-0.39, 0.29) is 5.92 Å². The van der Waals surface area contributed by atoms with Crippen molar-refractivity contribution in [1.82, 2.24) is 19.9 Å². The highest BCUT2D eigenvalue weighted by Crippen LogP contribution is 2.28. The van der Waals surface area contributed by atoms with Crippen molar-refractivity contribution in [2.75, 3.05) is 0 Å². The van der Waals surface area contributed by atoms with E-state index in [1.807, 2.05) is 18.2 Å². The summed E-state index contributed by atoms with van der Waals surface area (Å²) >= 11 is 8.44. The molecule has 2 aromatic heterocycles. The summed E-state index contributed by atoms with van der Waals surface area (Å²) in [5.74, 6) is 0.910. The molecule has 6 heteroatoms. The van der Waals surface area contributed by atoms with Crippen LogP contribution in [0.5, 0.6) is 0 Å². The maximum absolute atomic E-state index is 6.24. The Morgan fingerprint density at radius 3 is 2.48 bits per heavy atom. The molecule has 0 spiro atoms. The number of rotatable bonds is 2. The van der Waals surface area contributed by atoms with Crippen molar-refractivity contribution < 1.29 is 0 Å². The van der Waals surface area contributed by atoms with Crippen molar-refractivity contribution in [2.24, 2.45) is 0 Å². The van der Waals surface area contributed by atoms with Gasteiger partial charge in [0.2, 0.25) is 0 Å². The van der Waals surface area contributed by atoms with E-state index in [1.54, 1.807) is 12.4 Å². The van der Waals surface area contributed by atoms with Crippen molar-refractivity contribution in [2.45, 2.75) is 19.8 Å². The molecule has 106 valence electrons. The monoisotopic (exact) mass is 410 g/mol. The highest BCUT2D eigenvalue weighted by Gasteiger charge is 2.15. The SMILES string of the molecule is CC(C)c1nc(-c2ccc3nccnc3c2)nc(Cl)c1I. The second-order valence-corrected chi connectivity index (χ2v) is 6.39. The minimum absolute atomic E-state index is 0.288. The molecule has 0 saturated carbocycles. The Morgan fingerprint density at radius 2 is 1.76 bits per heavy atom. The van der Waals surface area contributed by atoms with E-state index in [2.05, 4.69) is 56.4 Å². The molecule has 3 rings (SSSR count). The first kappa shape index (κ1) is 14.6. The van der Waals surface area contributed by atoms with Gasteiger partial charge in [-0.2, -0.15) is 0 Å². The fraction of sp³-hybridized carbons (Fsp3) is 0.200. The summed E-state index contributed by atoms with van der Waals surface area (Å²) in [6.45, 7) is 4.19. The molecule has 0 amide bonds. The molecule has 3 aromatic rings. The van der Waals surface area contributed by atoms with E-state index in [0.29, 0.717) is 11.0 Å². The molecule has 0 unspecified atom stereocenters. The molecular formula is C15H12ClIN4. The molecule has 1 aromatic carbocycles. The topological polar surface area (TPSA) is 51.6 Å². The largest absolute Gasteiger partial charge is 0.253 e. The van der Waals surface area contributed by atoms with Crippen LogP contribution in [0.1, 0.15) is 25.5 Å². The smallest absolute Gasteiger partial charge is 0.161 e. The molecule has 4 nitrogen and oxygen atoms in total. The second kappa shape index (κ2) is 5.81. The van der Waals surface area contributed by atoms with Gasteiger partial charge in [0.1, 0.15) is 5.15 Å². The molecule has 0 bridgehead atoms. The number of halogens is 2. The minimum atomic E-state index is 0.288. The number of benzene rings is 1. The van der Waals surface area contributed by atoms with Gasteiger partial charge in [0, 0.05) is 18.0 Å². The molecule has 0 aliphatic carbocycles. The van der Waals surface area contributed by atoms with Gasteiger partial charge >= 0.3 is 0 Å². The number of nitrogens with zero attached hydrogens (tertiary/aromatic N) is 4. The zero-order chi connectivity index (χ0) is 15.0. The number of aromatic nitrogens is 4. The highest BCUT2D eigenvalue weighted by molar-refractivity contribution is 14.1. The Bertz CT molecular complexity index is 820. The first-order chi connectivity index (χ1) is 10.1. The van der Waals surface area contributed by atoms with Crippen LogP contribution in [0.2, 0.25) is 5.15 Å². The van der Waals surface area contributed by atoms with Gasteiger partial charge < -0.3 is 0 Å². The van der Waals surface area contributed by atoms with E-state index >= 15 is 0 Å². The van der Waals surface area contributed by atoms with E-state index in [9.17, 15) is 0 Å². The van der Waals surface area contributed by atoms with Crippen molar-refractivity contribution in [3.05, 3.63) is 45.0 Å². The lowest BCUT2D eigenvalue weighted by molar-refractivity contribution is 0.808. The van der Waals surface area contributed by atoms with Crippen LogP contribution in [0.15, 0.2) is 30.6 Å². The van der Waals surface area contributed by atoms with Crippen LogP contribution in [-0.2, 0) is 0 Å². The predicted molar refractivity (Wildman–Crippen MR) is 92.4 cm³/mol. The van der Waals surface area contributed by atoms with Gasteiger partial charge in [-0.1, -0.05) is 25.4 Å².